The molecule has 1 atom stereocenters. The minimum absolute atomic E-state index is 0.299. The molecule has 2 fully saturated rings. The van der Waals surface area contributed by atoms with Crippen molar-refractivity contribution in [1.82, 2.24) is 4.90 Å². The predicted molar refractivity (Wildman–Crippen MR) is 68.6 cm³/mol. The molecule has 86 valence electrons. The van der Waals surface area contributed by atoms with E-state index in [1.54, 1.807) is 11.3 Å². The van der Waals surface area contributed by atoms with E-state index in [1.807, 2.05) is 11.8 Å². The molecule has 1 aliphatic carbocycles. The molecule has 1 unspecified atom stereocenters. The van der Waals surface area contributed by atoms with Crippen molar-refractivity contribution in [3.05, 3.63) is 22.4 Å². The van der Waals surface area contributed by atoms with Crippen molar-refractivity contribution >= 4 is 29.0 Å². The maximum absolute atomic E-state index is 12.3. The fraction of sp³-hybridized carbons (Fsp3) is 0.583. The van der Waals surface area contributed by atoms with Gasteiger partial charge in [0.2, 0.25) is 5.91 Å². The third kappa shape index (κ3) is 1.78. The molecule has 0 bridgehead atoms. The smallest absolute Gasteiger partial charge is 0.226 e. The molecule has 0 N–H and O–H groups in total. The molecule has 0 radical (unpaired) electrons. The van der Waals surface area contributed by atoms with E-state index in [4.69, 9.17) is 0 Å². The minimum atomic E-state index is 0.299. The van der Waals surface area contributed by atoms with E-state index in [2.05, 4.69) is 22.4 Å². The Balaban J connectivity index is 1.76. The van der Waals surface area contributed by atoms with Crippen LogP contribution in [0.15, 0.2) is 17.5 Å². The summed E-state index contributed by atoms with van der Waals surface area (Å²) in [5.74, 6) is 1.82. The number of hydrogen-bond acceptors (Lipinski definition) is 3. The summed E-state index contributed by atoms with van der Waals surface area (Å²) in [7, 11) is 0. The second kappa shape index (κ2) is 4.41. The van der Waals surface area contributed by atoms with Crippen LogP contribution in [0.25, 0.3) is 0 Å². The molecule has 4 heteroatoms. The molecule has 1 saturated carbocycles. The molecule has 1 aromatic heterocycles. The van der Waals surface area contributed by atoms with Crippen LogP contribution in [0.5, 0.6) is 0 Å². The van der Waals surface area contributed by atoms with Crippen molar-refractivity contribution in [3.8, 4) is 0 Å². The molecule has 2 aliphatic rings. The van der Waals surface area contributed by atoms with E-state index in [9.17, 15) is 4.79 Å². The van der Waals surface area contributed by atoms with Gasteiger partial charge in [0.05, 0.1) is 0 Å². The van der Waals surface area contributed by atoms with Crippen LogP contribution in [0.1, 0.15) is 29.5 Å². The summed E-state index contributed by atoms with van der Waals surface area (Å²) in [6.07, 6.45) is 3.45. The third-order valence-corrected chi connectivity index (χ3v) is 5.73. The van der Waals surface area contributed by atoms with Crippen molar-refractivity contribution in [1.29, 1.82) is 0 Å². The topological polar surface area (TPSA) is 20.3 Å². The second-order valence-corrected chi connectivity index (χ2v) is 6.57. The van der Waals surface area contributed by atoms with Crippen molar-refractivity contribution in [3.63, 3.8) is 0 Å². The van der Waals surface area contributed by atoms with Crippen LogP contribution in [0.2, 0.25) is 0 Å². The van der Waals surface area contributed by atoms with Crippen LogP contribution < -0.4 is 0 Å². The van der Waals surface area contributed by atoms with Crippen molar-refractivity contribution in [2.45, 2.75) is 24.6 Å². The van der Waals surface area contributed by atoms with Gasteiger partial charge in [-0.15, -0.1) is 23.1 Å². The molecular formula is C12H15NOS2. The Morgan fingerprint density at radius 3 is 2.94 bits per heavy atom. The average molecular weight is 253 g/mol. The summed E-state index contributed by atoms with van der Waals surface area (Å²) in [4.78, 5) is 15.7. The summed E-state index contributed by atoms with van der Waals surface area (Å²) in [5.41, 5.74) is 0. The molecule has 3 rings (SSSR count). The van der Waals surface area contributed by atoms with Crippen LogP contribution in [-0.2, 0) is 4.79 Å². The maximum atomic E-state index is 12.3. The Bertz CT molecular complexity index is 372. The zero-order chi connectivity index (χ0) is 11.0. The lowest BCUT2D eigenvalue weighted by atomic mass is 9.84. The summed E-state index contributed by atoms with van der Waals surface area (Å²) in [5, 5.41) is 2.40. The van der Waals surface area contributed by atoms with Crippen LogP contribution in [-0.4, -0.2) is 23.1 Å². The van der Waals surface area contributed by atoms with Gasteiger partial charge in [0.1, 0.15) is 5.37 Å². The zero-order valence-electron chi connectivity index (χ0n) is 9.09. The van der Waals surface area contributed by atoms with Gasteiger partial charge in [-0.25, -0.2) is 0 Å². The number of hydrogen-bond donors (Lipinski definition) is 0. The molecule has 1 aliphatic heterocycles. The fourth-order valence-corrected chi connectivity index (χ4v) is 4.50. The quantitative estimate of drug-likeness (QED) is 0.807. The van der Waals surface area contributed by atoms with Crippen LogP contribution >= 0.6 is 23.1 Å². The summed E-state index contributed by atoms with van der Waals surface area (Å²) >= 11 is 3.67. The van der Waals surface area contributed by atoms with Gasteiger partial charge < -0.3 is 4.90 Å². The molecular weight excluding hydrogens is 238 g/mol. The number of thiophene rings is 1. The molecule has 1 saturated heterocycles. The van der Waals surface area contributed by atoms with Gasteiger partial charge in [0.25, 0.3) is 0 Å². The number of amides is 1. The molecule has 0 aromatic carbocycles. The van der Waals surface area contributed by atoms with Crippen molar-refractivity contribution in [2.75, 3.05) is 12.3 Å². The van der Waals surface area contributed by atoms with Crippen molar-refractivity contribution < 1.29 is 4.79 Å². The predicted octanol–water partition coefficient (Wildman–Crippen LogP) is 3.12. The SMILES string of the molecule is O=C(C1CCC1)N1CCSC1c1cccs1. The number of rotatable bonds is 2. The van der Waals surface area contributed by atoms with Gasteiger partial charge in [0, 0.05) is 23.1 Å². The third-order valence-electron chi connectivity index (χ3n) is 3.42. The largest absolute Gasteiger partial charge is 0.325 e. The first-order valence-corrected chi connectivity index (χ1v) is 7.74. The van der Waals surface area contributed by atoms with E-state index >= 15 is 0 Å². The number of carbonyl (C=O) groups is 1. The molecule has 2 nitrogen and oxygen atoms in total. The van der Waals surface area contributed by atoms with E-state index in [1.165, 1.54) is 11.3 Å². The molecule has 2 heterocycles. The lowest BCUT2D eigenvalue weighted by molar-refractivity contribution is -0.138. The first-order chi connectivity index (χ1) is 7.86. The number of carbonyl (C=O) groups excluding carboxylic acids is 1. The van der Waals surface area contributed by atoms with E-state index in [0.717, 1.165) is 25.1 Å². The second-order valence-electron chi connectivity index (χ2n) is 4.40. The summed E-state index contributed by atoms with van der Waals surface area (Å²) in [6.45, 7) is 0.933. The molecule has 0 spiro atoms. The standard InChI is InChI=1S/C12H15NOS2/c14-11(9-3-1-4-9)13-6-8-16-12(13)10-5-2-7-15-10/h2,5,7,9,12H,1,3-4,6,8H2. The number of thioether (sulfide) groups is 1. The van der Waals surface area contributed by atoms with E-state index in [0.29, 0.717) is 17.2 Å². The zero-order valence-corrected chi connectivity index (χ0v) is 10.7. The average Bonchev–Trinajstić information content (AvgIpc) is 2.85. The van der Waals surface area contributed by atoms with Gasteiger partial charge in [-0.1, -0.05) is 12.5 Å². The lowest BCUT2D eigenvalue weighted by Gasteiger charge is -2.31. The van der Waals surface area contributed by atoms with Gasteiger partial charge in [-0.05, 0) is 24.3 Å². The Kier molecular flexibility index (Phi) is 2.94. The van der Waals surface area contributed by atoms with Gasteiger partial charge in [0.15, 0.2) is 0 Å². The number of nitrogens with zero attached hydrogens (tertiary/aromatic N) is 1. The normalized spacial score (nSPS) is 25.8. The Morgan fingerprint density at radius 1 is 1.44 bits per heavy atom. The van der Waals surface area contributed by atoms with Gasteiger partial charge in [-0.2, -0.15) is 0 Å². The maximum Gasteiger partial charge on any atom is 0.226 e. The first-order valence-electron chi connectivity index (χ1n) is 5.82. The highest BCUT2D eigenvalue weighted by Crippen LogP contribution is 2.42. The fourth-order valence-electron chi connectivity index (χ4n) is 2.25. The highest BCUT2D eigenvalue weighted by atomic mass is 32.2. The first kappa shape index (κ1) is 10.7. The molecule has 1 amide bonds. The Hall–Kier alpha value is -0.480. The minimum Gasteiger partial charge on any atom is -0.325 e. The Labute approximate surface area is 104 Å². The van der Waals surface area contributed by atoms with Crippen LogP contribution in [0, 0.1) is 5.92 Å². The van der Waals surface area contributed by atoms with E-state index < -0.39 is 0 Å². The molecule has 16 heavy (non-hydrogen) atoms. The van der Waals surface area contributed by atoms with Crippen LogP contribution in [0.3, 0.4) is 0 Å². The monoisotopic (exact) mass is 253 g/mol. The lowest BCUT2D eigenvalue weighted by Crippen LogP contribution is -2.38. The highest BCUT2D eigenvalue weighted by Gasteiger charge is 2.36. The Morgan fingerprint density at radius 2 is 2.31 bits per heavy atom. The summed E-state index contributed by atoms with van der Waals surface area (Å²) < 4.78 is 0. The van der Waals surface area contributed by atoms with Crippen molar-refractivity contribution in [2.24, 2.45) is 5.92 Å². The van der Waals surface area contributed by atoms with Gasteiger partial charge in [-0.3, -0.25) is 4.79 Å². The summed E-state index contributed by atoms with van der Waals surface area (Å²) in [6, 6.07) is 4.22. The molecule has 1 aromatic rings. The highest BCUT2D eigenvalue weighted by molar-refractivity contribution is 7.99. The van der Waals surface area contributed by atoms with Gasteiger partial charge >= 0.3 is 0 Å². The van der Waals surface area contributed by atoms with Crippen LogP contribution in [0.4, 0.5) is 0 Å². The van der Waals surface area contributed by atoms with E-state index in [-0.39, 0.29) is 0 Å².